The van der Waals surface area contributed by atoms with Crippen molar-refractivity contribution in [2.75, 3.05) is 32.7 Å². The zero-order valence-corrected chi connectivity index (χ0v) is 13.2. The van der Waals surface area contributed by atoms with E-state index in [-0.39, 0.29) is 5.82 Å². The molecule has 0 amide bonds. The van der Waals surface area contributed by atoms with Gasteiger partial charge >= 0.3 is 0 Å². The van der Waals surface area contributed by atoms with Gasteiger partial charge in [-0.05, 0) is 36.8 Å². The van der Waals surface area contributed by atoms with Crippen molar-refractivity contribution in [3.63, 3.8) is 0 Å². The van der Waals surface area contributed by atoms with Crippen molar-refractivity contribution in [1.29, 1.82) is 0 Å². The lowest BCUT2D eigenvalue weighted by molar-refractivity contribution is -1.02. The molecule has 0 unspecified atom stereocenters. The highest BCUT2D eigenvalue weighted by Crippen LogP contribution is 2.42. The SMILES string of the molecule is Fc1ccc(C[NH+]2CC[NH+](C[C@@H]3C[C@@H]4C=C[C@H]3C4)CC2)cc1. The van der Waals surface area contributed by atoms with Crippen LogP contribution in [-0.4, -0.2) is 32.7 Å². The van der Waals surface area contributed by atoms with Gasteiger partial charge < -0.3 is 9.80 Å². The van der Waals surface area contributed by atoms with Gasteiger partial charge in [0.1, 0.15) is 38.5 Å². The molecule has 1 aromatic carbocycles. The molecule has 0 aromatic heterocycles. The van der Waals surface area contributed by atoms with Gasteiger partial charge in [0.05, 0.1) is 6.54 Å². The Morgan fingerprint density at radius 1 is 0.909 bits per heavy atom. The third-order valence-corrected chi connectivity index (χ3v) is 6.00. The predicted molar refractivity (Wildman–Crippen MR) is 85.2 cm³/mol. The number of hydrogen-bond donors (Lipinski definition) is 2. The molecule has 1 aromatic rings. The third kappa shape index (κ3) is 3.11. The third-order valence-electron chi connectivity index (χ3n) is 6.00. The number of nitrogens with one attached hydrogen (secondary N) is 2. The van der Waals surface area contributed by atoms with Gasteiger partial charge in [-0.1, -0.05) is 24.3 Å². The van der Waals surface area contributed by atoms with Crippen LogP contribution in [0.5, 0.6) is 0 Å². The summed E-state index contributed by atoms with van der Waals surface area (Å²) >= 11 is 0. The van der Waals surface area contributed by atoms with Gasteiger partial charge in [0, 0.05) is 11.5 Å². The van der Waals surface area contributed by atoms with Crippen molar-refractivity contribution in [1.82, 2.24) is 0 Å². The molecule has 0 radical (unpaired) electrons. The van der Waals surface area contributed by atoms with Gasteiger partial charge in [0.2, 0.25) is 0 Å². The average molecular weight is 302 g/mol. The zero-order chi connectivity index (χ0) is 14.9. The maximum atomic E-state index is 13.0. The second-order valence-corrected chi connectivity index (χ2v) is 7.55. The van der Waals surface area contributed by atoms with E-state index in [0.29, 0.717) is 0 Å². The second kappa shape index (κ2) is 6.13. The van der Waals surface area contributed by atoms with E-state index in [2.05, 4.69) is 12.2 Å². The Morgan fingerprint density at radius 3 is 2.27 bits per heavy atom. The van der Waals surface area contributed by atoms with Gasteiger partial charge in [-0.15, -0.1) is 0 Å². The Balaban J connectivity index is 1.24. The van der Waals surface area contributed by atoms with Crippen LogP contribution in [0.1, 0.15) is 18.4 Å². The van der Waals surface area contributed by atoms with Crippen molar-refractivity contribution >= 4 is 0 Å². The monoisotopic (exact) mass is 302 g/mol. The van der Waals surface area contributed by atoms with E-state index < -0.39 is 0 Å². The molecule has 1 heterocycles. The highest BCUT2D eigenvalue weighted by molar-refractivity contribution is 5.14. The maximum absolute atomic E-state index is 13.0. The summed E-state index contributed by atoms with van der Waals surface area (Å²) in [4.78, 5) is 3.47. The van der Waals surface area contributed by atoms with Crippen molar-refractivity contribution < 1.29 is 14.2 Å². The molecule has 1 saturated heterocycles. The van der Waals surface area contributed by atoms with E-state index in [1.807, 2.05) is 17.0 Å². The first-order valence-corrected chi connectivity index (χ1v) is 8.86. The lowest BCUT2D eigenvalue weighted by Crippen LogP contribution is -3.27. The number of halogens is 1. The molecule has 2 aliphatic carbocycles. The minimum absolute atomic E-state index is 0.132. The largest absolute Gasteiger partial charge is 0.325 e. The Kier molecular flexibility index (Phi) is 4.01. The first-order chi connectivity index (χ1) is 10.8. The number of benzene rings is 1. The summed E-state index contributed by atoms with van der Waals surface area (Å²) in [5.41, 5.74) is 1.26. The van der Waals surface area contributed by atoms with Gasteiger partial charge in [-0.25, -0.2) is 4.39 Å². The van der Waals surface area contributed by atoms with Crippen LogP contribution in [0.2, 0.25) is 0 Å². The van der Waals surface area contributed by atoms with E-state index in [9.17, 15) is 4.39 Å². The van der Waals surface area contributed by atoms with E-state index in [0.717, 1.165) is 24.3 Å². The summed E-state index contributed by atoms with van der Waals surface area (Å²) in [6, 6.07) is 7.03. The minimum Gasteiger partial charge on any atom is -0.325 e. The fourth-order valence-corrected chi connectivity index (χ4v) is 4.73. The normalized spacial score (nSPS) is 36.9. The Labute approximate surface area is 132 Å². The first kappa shape index (κ1) is 14.4. The van der Waals surface area contributed by atoms with Crippen LogP contribution >= 0.6 is 0 Å². The maximum Gasteiger partial charge on any atom is 0.127 e. The zero-order valence-electron chi connectivity index (χ0n) is 13.2. The number of piperazine rings is 1. The summed E-state index contributed by atoms with van der Waals surface area (Å²) in [6.45, 7) is 7.54. The molecule has 2 fully saturated rings. The summed E-state index contributed by atoms with van der Waals surface area (Å²) in [6.07, 6.45) is 7.80. The molecule has 118 valence electrons. The molecule has 1 aliphatic heterocycles. The van der Waals surface area contributed by atoms with E-state index in [1.54, 1.807) is 17.0 Å². The smallest absolute Gasteiger partial charge is 0.127 e. The molecule has 0 spiro atoms. The molecular formula is C19H27FN2+2. The highest BCUT2D eigenvalue weighted by atomic mass is 19.1. The highest BCUT2D eigenvalue weighted by Gasteiger charge is 2.38. The van der Waals surface area contributed by atoms with Crippen LogP contribution < -0.4 is 9.80 Å². The molecule has 2 N–H and O–H groups in total. The molecule has 2 bridgehead atoms. The molecule has 3 aliphatic rings. The molecule has 22 heavy (non-hydrogen) atoms. The van der Waals surface area contributed by atoms with Gasteiger partial charge in [-0.3, -0.25) is 0 Å². The Bertz CT molecular complexity index is 531. The van der Waals surface area contributed by atoms with Crippen LogP contribution in [0.15, 0.2) is 36.4 Å². The summed E-state index contributed by atoms with van der Waals surface area (Å²) < 4.78 is 13.0. The standard InChI is InChI=1S/C19H25FN2/c20-19-5-2-15(3-6-19)13-21-7-9-22(10-8-21)14-18-12-16-1-4-17(18)11-16/h1-6,16-18H,7-14H2/p+2/t16-,17+,18+/m1/s1. The van der Waals surface area contributed by atoms with Gasteiger partial charge in [0.25, 0.3) is 0 Å². The number of quaternary nitrogens is 2. The second-order valence-electron chi connectivity index (χ2n) is 7.55. The van der Waals surface area contributed by atoms with Crippen LogP contribution in [0.4, 0.5) is 4.39 Å². The van der Waals surface area contributed by atoms with Crippen LogP contribution in [0, 0.1) is 23.6 Å². The average Bonchev–Trinajstić information content (AvgIpc) is 3.14. The predicted octanol–water partition coefficient (Wildman–Crippen LogP) is 0.321. The molecule has 4 rings (SSSR count). The molecule has 3 heteroatoms. The molecule has 2 nitrogen and oxygen atoms in total. The van der Waals surface area contributed by atoms with Crippen molar-refractivity contribution in [2.45, 2.75) is 19.4 Å². The van der Waals surface area contributed by atoms with E-state index >= 15 is 0 Å². The molecule has 3 atom stereocenters. The van der Waals surface area contributed by atoms with Crippen molar-refractivity contribution in [2.24, 2.45) is 17.8 Å². The fourth-order valence-electron chi connectivity index (χ4n) is 4.73. The lowest BCUT2D eigenvalue weighted by Gasteiger charge is -2.32. The lowest BCUT2D eigenvalue weighted by atomic mass is 9.93. The van der Waals surface area contributed by atoms with Gasteiger partial charge in [0.15, 0.2) is 0 Å². The first-order valence-electron chi connectivity index (χ1n) is 8.86. The molecular weight excluding hydrogens is 275 g/mol. The van der Waals surface area contributed by atoms with Crippen molar-refractivity contribution in [3.05, 3.63) is 47.8 Å². The number of fused-ring (bicyclic) bond motifs is 2. The number of allylic oxidation sites excluding steroid dienone is 2. The van der Waals surface area contributed by atoms with Crippen LogP contribution in [0.3, 0.4) is 0 Å². The Morgan fingerprint density at radius 2 is 1.64 bits per heavy atom. The van der Waals surface area contributed by atoms with Crippen LogP contribution in [0.25, 0.3) is 0 Å². The fraction of sp³-hybridized carbons (Fsp3) is 0.579. The number of rotatable bonds is 4. The number of hydrogen-bond acceptors (Lipinski definition) is 0. The van der Waals surface area contributed by atoms with E-state index in [4.69, 9.17) is 0 Å². The summed E-state index contributed by atoms with van der Waals surface area (Å²) in [7, 11) is 0. The topological polar surface area (TPSA) is 8.88 Å². The van der Waals surface area contributed by atoms with Crippen LogP contribution in [-0.2, 0) is 6.54 Å². The van der Waals surface area contributed by atoms with E-state index in [1.165, 1.54) is 51.1 Å². The summed E-state index contributed by atoms with van der Waals surface area (Å²) in [5.74, 6) is 2.61. The Hall–Kier alpha value is -1.19. The van der Waals surface area contributed by atoms with Gasteiger partial charge in [-0.2, -0.15) is 0 Å². The minimum atomic E-state index is -0.132. The molecule has 1 saturated carbocycles. The van der Waals surface area contributed by atoms with Crippen molar-refractivity contribution in [3.8, 4) is 0 Å². The summed E-state index contributed by atoms with van der Waals surface area (Å²) in [5, 5.41) is 0. The quantitative estimate of drug-likeness (QED) is 0.742.